The molecule has 0 amide bonds. The van der Waals surface area contributed by atoms with E-state index in [4.69, 9.17) is 4.98 Å². The van der Waals surface area contributed by atoms with Crippen LogP contribution in [0.2, 0.25) is 0 Å². The first kappa shape index (κ1) is 16.1. The predicted octanol–water partition coefficient (Wildman–Crippen LogP) is 4.19. The molecule has 118 valence electrons. The average Bonchev–Trinajstić information content (AvgIpc) is 2.47. The highest BCUT2D eigenvalue weighted by atomic mass is 15.1. The zero-order chi connectivity index (χ0) is 15.4. The minimum Gasteiger partial charge on any atom is -0.373 e. The third kappa shape index (κ3) is 3.86. The lowest BCUT2D eigenvalue weighted by Gasteiger charge is -2.29. The molecular formula is C17H30N4. The number of hydrogen-bond donors (Lipinski definition) is 2. The van der Waals surface area contributed by atoms with Crippen LogP contribution in [-0.2, 0) is 0 Å². The van der Waals surface area contributed by atoms with Gasteiger partial charge in [0, 0.05) is 25.1 Å². The highest BCUT2D eigenvalue weighted by molar-refractivity contribution is 5.57. The summed E-state index contributed by atoms with van der Waals surface area (Å²) in [6.07, 6.45) is 5.48. The van der Waals surface area contributed by atoms with Crippen LogP contribution in [0.15, 0.2) is 0 Å². The van der Waals surface area contributed by atoms with E-state index in [-0.39, 0.29) is 0 Å². The van der Waals surface area contributed by atoms with Crippen LogP contribution in [0.5, 0.6) is 0 Å². The van der Waals surface area contributed by atoms with Crippen LogP contribution in [0.25, 0.3) is 0 Å². The van der Waals surface area contributed by atoms with Crippen molar-refractivity contribution in [3.8, 4) is 0 Å². The summed E-state index contributed by atoms with van der Waals surface area (Å²) in [7, 11) is 1.92. The highest BCUT2D eigenvalue weighted by Crippen LogP contribution is 2.30. The zero-order valence-electron chi connectivity index (χ0n) is 14.2. The Labute approximate surface area is 129 Å². The first-order chi connectivity index (χ1) is 10.0. The fraction of sp³-hybridized carbons (Fsp3) is 0.765. The molecular weight excluding hydrogens is 260 g/mol. The van der Waals surface area contributed by atoms with Gasteiger partial charge in [0.15, 0.2) is 0 Å². The molecule has 0 aromatic carbocycles. The topological polar surface area (TPSA) is 49.8 Å². The lowest BCUT2D eigenvalue weighted by molar-refractivity contribution is 0.268. The third-order valence-corrected chi connectivity index (χ3v) is 4.74. The molecule has 1 aromatic rings. The molecule has 0 bridgehead atoms. The van der Waals surface area contributed by atoms with E-state index in [1.54, 1.807) is 0 Å². The predicted molar refractivity (Wildman–Crippen MR) is 90.0 cm³/mol. The molecule has 2 unspecified atom stereocenters. The first-order valence-corrected chi connectivity index (χ1v) is 8.33. The molecule has 0 radical (unpaired) electrons. The van der Waals surface area contributed by atoms with Gasteiger partial charge in [-0.25, -0.2) is 9.97 Å². The number of hydrogen-bond acceptors (Lipinski definition) is 4. The molecule has 1 fully saturated rings. The molecule has 21 heavy (non-hydrogen) atoms. The van der Waals surface area contributed by atoms with E-state index < -0.39 is 0 Å². The highest BCUT2D eigenvalue weighted by Gasteiger charge is 2.21. The van der Waals surface area contributed by atoms with Crippen LogP contribution in [-0.4, -0.2) is 23.6 Å². The van der Waals surface area contributed by atoms with Crippen LogP contribution in [0.3, 0.4) is 0 Å². The molecule has 1 saturated carbocycles. The largest absolute Gasteiger partial charge is 0.373 e. The molecule has 2 rings (SSSR count). The Morgan fingerprint density at radius 3 is 2.43 bits per heavy atom. The average molecular weight is 290 g/mol. The maximum absolute atomic E-state index is 4.73. The van der Waals surface area contributed by atoms with Gasteiger partial charge in [0.2, 0.25) is 0 Å². The van der Waals surface area contributed by atoms with Gasteiger partial charge >= 0.3 is 0 Å². The number of nitrogens with one attached hydrogen (secondary N) is 2. The summed E-state index contributed by atoms with van der Waals surface area (Å²) in [5.41, 5.74) is 1.12. The lowest BCUT2D eigenvalue weighted by Crippen LogP contribution is -2.25. The van der Waals surface area contributed by atoms with E-state index in [1.807, 2.05) is 7.05 Å². The van der Waals surface area contributed by atoms with Crippen LogP contribution < -0.4 is 10.6 Å². The molecule has 4 heteroatoms. The summed E-state index contributed by atoms with van der Waals surface area (Å²) < 4.78 is 0. The molecule has 0 spiro atoms. The van der Waals surface area contributed by atoms with Gasteiger partial charge < -0.3 is 10.6 Å². The Morgan fingerprint density at radius 2 is 1.81 bits per heavy atom. The van der Waals surface area contributed by atoms with E-state index in [0.29, 0.717) is 5.92 Å². The van der Waals surface area contributed by atoms with E-state index in [0.717, 1.165) is 41.4 Å². The summed E-state index contributed by atoms with van der Waals surface area (Å²) >= 11 is 0. The molecule has 1 aliphatic rings. The number of anilines is 2. The van der Waals surface area contributed by atoms with Crippen LogP contribution in [0.4, 0.5) is 11.6 Å². The van der Waals surface area contributed by atoms with Gasteiger partial charge in [-0.3, -0.25) is 0 Å². The van der Waals surface area contributed by atoms with Gasteiger partial charge in [-0.15, -0.1) is 0 Å². The fourth-order valence-electron chi connectivity index (χ4n) is 3.13. The summed E-state index contributed by atoms with van der Waals surface area (Å²) in [5.74, 6) is 4.77. The second kappa shape index (κ2) is 7.10. The van der Waals surface area contributed by atoms with Gasteiger partial charge in [-0.2, -0.15) is 0 Å². The quantitative estimate of drug-likeness (QED) is 0.853. The number of nitrogens with zero attached hydrogens (tertiary/aromatic N) is 2. The maximum atomic E-state index is 4.73. The Balaban J connectivity index is 2.12. The first-order valence-electron chi connectivity index (χ1n) is 8.33. The van der Waals surface area contributed by atoms with Crippen molar-refractivity contribution in [3.05, 3.63) is 11.4 Å². The Bertz CT molecular complexity index is 470. The van der Waals surface area contributed by atoms with Gasteiger partial charge in [-0.05, 0) is 25.2 Å². The fourth-order valence-corrected chi connectivity index (χ4v) is 3.13. The summed E-state index contributed by atoms with van der Waals surface area (Å²) in [6, 6.07) is 0. The van der Waals surface area contributed by atoms with E-state index >= 15 is 0 Å². The zero-order valence-corrected chi connectivity index (χ0v) is 14.2. The second-order valence-corrected chi connectivity index (χ2v) is 6.71. The van der Waals surface area contributed by atoms with Gasteiger partial charge in [-0.1, -0.05) is 40.0 Å². The van der Waals surface area contributed by atoms with E-state index in [1.165, 1.54) is 25.7 Å². The van der Waals surface area contributed by atoms with E-state index in [2.05, 4.69) is 43.3 Å². The van der Waals surface area contributed by atoms with Crippen molar-refractivity contribution in [1.29, 1.82) is 0 Å². The SMILES string of the molecule is CNc1nc(C(C)C)nc(NCC2CCCCC2C)c1C. The second-order valence-electron chi connectivity index (χ2n) is 6.71. The molecule has 1 aliphatic carbocycles. The van der Waals surface area contributed by atoms with Gasteiger partial charge in [0.1, 0.15) is 17.5 Å². The Hall–Kier alpha value is -1.32. The molecule has 1 heterocycles. The minimum atomic E-state index is 0.340. The summed E-state index contributed by atoms with van der Waals surface area (Å²) in [6.45, 7) is 9.77. The maximum Gasteiger partial charge on any atom is 0.135 e. The summed E-state index contributed by atoms with van der Waals surface area (Å²) in [5, 5.41) is 6.78. The molecule has 0 saturated heterocycles. The smallest absolute Gasteiger partial charge is 0.135 e. The van der Waals surface area contributed by atoms with Crippen molar-refractivity contribution in [2.24, 2.45) is 11.8 Å². The van der Waals surface area contributed by atoms with Crippen LogP contribution >= 0.6 is 0 Å². The van der Waals surface area contributed by atoms with Gasteiger partial charge in [0.05, 0.1) is 0 Å². The van der Waals surface area contributed by atoms with Crippen molar-refractivity contribution < 1.29 is 0 Å². The van der Waals surface area contributed by atoms with Crippen molar-refractivity contribution in [2.45, 2.75) is 59.3 Å². The van der Waals surface area contributed by atoms with Crippen molar-refractivity contribution in [1.82, 2.24) is 9.97 Å². The van der Waals surface area contributed by atoms with Crippen molar-refractivity contribution in [2.75, 3.05) is 24.2 Å². The standard InChI is InChI=1S/C17H30N4/c1-11(2)15-20-16(18-5)13(4)17(21-15)19-10-14-9-7-6-8-12(14)3/h11-12,14H,6-10H2,1-5H3,(H2,18,19,20,21). The molecule has 1 aromatic heterocycles. The lowest BCUT2D eigenvalue weighted by atomic mass is 9.80. The monoisotopic (exact) mass is 290 g/mol. The van der Waals surface area contributed by atoms with Crippen molar-refractivity contribution in [3.63, 3.8) is 0 Å². The van der Waals surface area contributed by atoms with Crippen LogP contribution in [0.1, 0.15) is 63.8 Å². The molecule has 4 nitrogen and oxygen atoms in total. The number of rotatable bonds is 5. The number of aromatic nitrogens is 2. The normalized spacial score (nSPS) is 22.4. The molecule has 0 aliphatic heterocycles. The van der Waals surface area contributed by atoms with Crippen LogP contribution in [0, 0.1) is 18.8 Å². The third-order valence-electron chi connectivity index (χ3n) is 4.74. The Kier molecular flexibility index (Phi) is 5.43. The summed E-state index contributed by atoms with van der Waals surface area (Å²) in [4.78, 5) is 9.33. The molecule has 2 atom stereocenters. The Morgan fingerprint density at radius 1 is 1.14 bits per heavy atom. The van der Waals surface area contributed by atoms with Gasteiger partial charge in [0.25, 0.3) is 0 Å². The van der Waals surface area contributed by atoms with Crippen molar-refractivity contribution >= 4 is 11.6 Å². The van der Waals surface area contributed by atoms with E-state index in [9.17, 15) is 0 Å². The minimum absolute atomic E-state index is 0.340. The molecule has 2 N–H and O–H groups in total.